The Morgan fingerprint density at radius 3 is 2.24 bits per heavy atom. The van der Waals surface area contributed by atoms with Crippen molar-refractivity contribution in [3.05, 3.63) is 90.0 Å². The normalized spacial score (nSPS) is 15.9. The Morgan fingerprint density at radius 2 is 1.58 bits per heavy atom. The maximum absolute atomic E-state index is 10.8. The van der Waals surface area contributed by atoms with Gasteiger partial charge >= 0.3 is 5.97 Å². The molecule has 0 amide bonds. The lowest BCUT2D eigenvalue weighted by Gasteiger charge is -2.32. The van der Waals surface area contributed by atoms with Crippen molar-refractivity contribution in [2.45, 2.75) is 19.1 Å². The van der Waals surface area contributed by atoms with Crippen molar-refractivity contribution in [3.63, 3.8) is 0 Å². The van der Waals surface area contributed by atoms with Crippen LogP contribution in [-0.4, -0.2) is 42.2 Å². The van der Waals surface area contributed by atoms with Crippen LogP contribution in [0.5, 0.6) is 17.2 Å². The molecular weight excluding hydrogens is 442 g/mol. The number of carboxylic acid groups (broad SMARTS) is 1. The summed E-state index contributed by atoms with van der Waals surface area (Å²) >= 11 is 0. The Morgan fingerprint density at radius 1 is 0.939 bits per heavy atom. The second kappa shape index (κ2) is 12.3. The highest BCUT2D eigenvalue weighted by Gasteiger charge is 2.22. The summed E-state index contributed by atoms with van der Waals surface area (Å²) in [5.74, 6) is 1.49. The maximum atomic E-state index is 10.8. The molecule has 1 N–H and O–H groups in total. The smallest absolute Gasteiger partial charge is 0.304 e. The van der Waals surface area contributed by atoms with Crippen LogP contribution in [0.1, 0.15) is 23.7 Å². The molecule has 0 saturated carbocycles. The standard InChI is InChI=1S/C26H27NO5.ClH/c28-26(29)14-15-27-16-17-30-25(18-27)21-6-8-23(9-7-21)32-24-12-10-22(11-13-24)31-19-20-4-2-1-3-5-20;/h1-13,25H,14-19H2,(H,28,29);1H. The summed E-state index contributed by atoms with van der Waals surface area (Å²) < 4.78 is 17.6. The zero-order valence-corrected chi connectivity index (χ0v) is 19.1. The minimum Gasteiger partial charge on any atom is -0.489 e. The quantitative estimate of drug-likeness (QED) is 0.457. The first-order chi connectivity index (χ1) is 15.7. The molecule has 4 rings (SSSR count). The molecule has 6 nitrogen and oxygen atoms in total. The van der Waals surface area contributed by atoms with Gasteiger partial charge in [-0.05, 0) is 47.5 Å². The van der Waals surface area contributed by atoms with E-state index in [1.54, 1.807) is 0 Å². The van der Waals surface area contributed by atoms with Crippen LogP contribution in [0.4, 0.5) is 0 Å². The fourth-order valence-electron chi connectivity index (χ4n) is 3.59. The van der Waals surface area contributed by atoms with Crippen LogP contribution in [0.15, 0.2) is 78.9 Å². The summed E-state index contributed by atoms with van der Waals surface area (Å²) in [6.45, 7) is 3.12. The Bertz CT molecular complexity index is 995. The van der Waals surface area contributed by atoms with Gasteiger partial charge in [-0.25, -0.2) is 0 Å². The SMILES string of the molecule is Cl.O=C(O)CCN1CCOC(c2ccc(Oc3ccc(OCc4ccccc4)cc3)cc2)C1. The van der Waals surface area contributed by atoms with E-state index < -0.39 is 5.97 Å². The lowest BCUT2D eigenvalue weighted by molar-refractivity contribution is -0.137. The van der Waals surface area contributed by atoms with Crippen LogP contribution in [0, 0.1) is 0 Å². The lowest BCUT2D eigenvalue weighted by atomic mass is 10.1. The molecule has 1 fully saturated rings. The molecule has 1 unspecified atom stereocenters. The summed E-state index contributed by atoms with van der Waals surface area (Å²) in [5.41, 5.74) is 2.18. The number of benzene rings is 3. The third kappa shape index (κ3) is 7.49. The molecule has 1 aliphatic rings. The van der Waals surface area contributed by atoms with E-state index in [0.29, 0.717) is 26.3 Å². The topological polar surface area (TPSA) is 68.2 Å². The zero-order valence-electron chi connectivity index (χ0n) is 18.3. The number of halogens is 1. The fourth-order valence-corrected chi connectivity index (χ4v) is 3.59. The Labute approximate surface area is 200 Å². The van der Waals surface area contributed by atoms with Crippen molar-refractivity contribution in [1.29, 1.82) is 0 Å². The van der Waals surface area contributed by atoms with Crippen LogP contribution in [0.3, 0.4) is 0 Å². The van der Waals surface area contributed by atoms with Gasteiger partial charge < -0.3 is 19.3 Å². The molecule has 0 aromatic heterocycles. The molecule has 1 heterocycles. The van der Waals surface area contributed by atoms with Crippen LogP contribution in [0.25, 0.3) is 0 Å². The minimum atomic E-state index is -0.773. The van der Waals surface area contributed by atoms with E-state index in [2.05, 4.69) is 4.90 Å². The van der Waals surface area contributed by atoms with Gasteiger partial charge in [0, 0.05) is 19.6 Å². The van der Waals surface area contributed by atoms with E-state index in [1.807, 2.05) is 78.9 Å². The predicted octanol–water partition coefficient (Wildman–Crippen LogP) is 5.33. The molecular formula is C26H28ClNO5. The van der Waals surface area contributed by atoms with Crippen LogP contribution >= 0.6 is 12.4 Å². The molecule has 33 heavy (non-hydrogen) atoms. The lowest BCUT2D eigenvalue weighted by Crippen LogP contribution is -2.39. The first-order valence-corrected chi connectivity index (χ1v) is 10.8. The molecule has 1 aliphatic heterocycles. The summed E-state index contributed by atoms with van der Waals surface area (Å²) in [6.07, 6.45) is 0.0860. The molecule has 3 aromatic carbocycles. The highest BCUT2D eigenvalue weighted by atomic mass is 35.5. The van der Waals surface area contributed by atoms with E-state index in [1.165, 1.54) is 0 Å². The van der Waals surface area contributed by atoms with Gasteiger partial charge in [-0.15, -0.1) is 12.4 Å². The summed E-state index contributed by atoms with van der Waals surface area (Å²) in [5, 5.41) is 8.89. The third-order valence-electron chi connectivity index (χ3n) is 5.35. The number of hydrogen-bond donors (Lipinski definition) is 1. The molecule has 3 aromatic rings. The van der Waals surface area contributed by atoms with Crippen molar-refractivity contribution in [3.8, 4) is 17.2 Å². The van der Waals surface area contributed by atoms with Crippen molar-refractivity contribution in [1.82, 2.24) is 4.90 Å². The average Bonchev–Trinajstić information content (AvgIpc) is 2.84. The second-order valence-corrected chi connectivity index (χ2v) is 7.72. The Kier molecular flexibility index (Phi) is 9.13. The molecule has 7 heteroatoms. The van der Waals surface area contributed by atoms with Gasteiger partial charge in [0.2, 0.25) is 0 Å². The van der Waals surface area contributed by atoms with Crippen molar-refractivity contribution in [2.75, 3.05) is 26.2 Å². The first kappa shape index (κ1) is 24.6. The van der Waals surface area contributed by atoms with Gasteiger partial charge in [0.05, 0.1) is 19.1 Å². The van der Waals surface area contributed by atoms with Gasteiger partial charge in [0.1, 0.15) is 23.9 Å². The van der Waals surface area contributed by atoms with Crippen LogP contribution < -0.4 is 9.47 Å². The summed E-state index contributed by atoms with van der Waals surface area (Å²) in [6, 6.07) is 25.5. The second-order valence-electron chi connectivity index (χ2n) is 7.72. The zero-order chi connectivity index (χ0) is 22.2. The molecule has 1 atom stereocenters. The number of ether oxygens (including phenoxy) is 3. The van der Waals surface area contributed by atoms with Crippen molar-refractivity contribution in [2.24, 2.45) is 0 Å². The molecule has 0 spiro atoms. The largest absolute Gasteiger partial charge is 0.489 e. The number of nitrogens with zero attached hydrogens (tertiary/aromatic N) is 1. The highest BCUT2D eigenvalue weighted by Crippen LogP contribution is 2.28. The van der Waals surface area contributed by atoms with Crippen molar-refractivity contribution < 1.29 is 24.1 Å². The molecule has 0 radical (unpaired) electrons. The van der Waals surface area contributed by atoms with E-state index in [0.717, 1.165) is 34.9 Å². The molecule has 1 saturated heterocycles. The number of carbonyl (C=O) groups is 1. The van der Waals surface area contributed by atoms with E-state index in [9.17, 15) is 4.79 Å². The van der Waals surface area contributed by atoms with E-state index >= 15 is 0 Å². The maximum Gasteiger partial charge on any atom is 0.304 e. The van der Waals surface area contributed by atoms with E-state index in [4.69, 9.17) is 19.3 Å². The highest BCUT2D eigenvalue weighted by molar-refractivity contribution is 5.85. The van der Waals surface area contributed by atoms with E-state index in [-0.39, 0.29) is 24.9 Å². The van der Waals surface area contributed by atoms with Crippen molar-refractivity contribution >= 4 is 18.4 Å². The fraction of sp³-hybridized carbons (Fsp3) is 0.269. The number of aliphatic carboxylic acids is 1. The molecule has 0 aliphatic carbocycles. The van der Waals surface area contributed by atoms with Gasteiger partial charge in [-0.2, -0.15) is 0 Å². The van der Waals surface area contributed by atoms with Crippen LogP contribution in [0.2, 0.25) is 0 Å². The number of carboxylic acids is 1. The molecule has 174 valence electrons. The van der Waals surface area contributed by atoms with Gasteiger partial charge in [-0.3, -0.25) is 9.69 Å². The van der Waals surface area contributed by atoms with Crippen LogP contribution in [-0.2, 0) is 16.1 Å². The Balaban J connectivity index is 0.00000306. The average molecular weight is 470 g/mol. The predicted molar refractivity (Wildman–Crippen MR) is 128 cm³/mol. The van der Waals surface area contributed by atoms with Gasteiger partial charge in [-0.1, -0.05) is 42.5 Å². The van der Waals surface area contributed by atoms with Gasteiger partial charge in [0.25, 0.3) is 0 Å². The monoisotopic (exact) mass is 469 g/mol. The minimum absolute atomic E-state index is 0. The third-order valence-corrected chi connectivity index (χ3v) is 5.35. The first-order valence-electron chi connectivity index (χ1n) is 10.8. The number of rotatable bonds is 9. The summed E-state index contributed by atoms with van der Waals surface area (Å²) in [7, 11) is 0. The number of hydrogen-bond acceptors (Lipinski definition) is 5. The summed E-state index contributed by atoms with van der Waals surface area (Å²) in [4.78, 5) is 12.9. The number of morpholine rings is 1. The Hall–Kier alpha value is -3.06. The van der Waals surface area contributed by atoms with Gasteiger partial charge in [0.15, 0.2) is 0 Å². The molecule has 0 bridgehead atoms.